The van der Waals surface area contributed by atoms with Crippen molar-refractivity contribution in [2.45, 2.75) is 46.1 Å². The predicted octanol–water partition coefficient (Wildman–Crippen LogP) is 3.64. The van der Waals surface area contributed by atoms with Crippen LogP contribution in [0.2, 0.25) is 0 Å². The van der Waals surface area contributed by atoms with Crippen molar-refractivity contribution in [1.82, 2.24) is 5.32 Å². The predicted molar refractivity (Wildman–Crippen MR) is 71.7 cm³/mol. The Morgan fingerprint density at radius 3 is 2.31 bits per heavy atom. The number of nitrogens with one attached hydrogen (secondary N) is 1. The summed E-state index contributed by atoms with van der Waals surface area (Å²) in [7, 11) is 0. The van der Waals surface area contributed by atoms with Crippen molar-refractivity contribution < 1.29 is 0 Å². The molecule has 0 spiro atoms. The van der Waals surface area contributed by atoms with Crippen LogP contribution < -0.4 is 5.32 Å². The van der Waals surface area contributed by atoms with Gasteiger partial charge in [-0.3, -0.25) is 0 Å². The van der Waals surface area contributed by atoms with Crippen LogP contribution in [-0.4, -0.2) is 12.6 Å². The zero-order valence-corrected chi connectivity index (χ0v) is 10.9. The van der Waals surface area contributed by atoms with Crippen molar-refractivity contribution in [1.29, 1.82) is 0 Å². The minimum atomic E-state index is 0.612. The van der Waals surface area contributed by atoms with Gasteiger partial charge in [-0.25, -0.2) is 0 Å². The molecule has 0 radical (unpaired) electrons. The molecule has 0 bridgehead atoms. The molecule has 1 nitrogen and oxygen atoms in total. The highest BCUT2D eigenvalue weighted by molar-refractivity contribution is 5.14. The van der Waals surface area contributed by atoms with Crippen molar-refractivity contribution in [2.24, 2.45) is 5.92 Å². The van der Waals surface area contributed by atoms with E-state index < -0.39 is 0 Å². The van der Waals surface area contributed by atoms with Crippen LogP contribution in [0, 0.1) is 5.92 Å². The number of hydrogen-bond donors (Lipinski definition) is 1. The van der Waals surface area contributed by atoms with Crippen molar-refractivity contribution in [3.8, 4) is 0 Å². The maximum absolute atomic E-state index is 3.47. The first-order valence-corrected chi connectivity index (χ1v) is 6.46. The number of rotatable bonds is 7. The third kappa shape index (κ3) is 5.92. The molecule has 0 aromatic heterocycles. The average molecular weight is 219 g/mol. The highest BCUT2D eigenvalue weighted by Crippen LogP contribution is 2.12. The van der Waals surface area contributed by atoms with Gasteiger partial charge < -0.3 is 5.32 Å². The molecule has 1 aromatic carbocycles. The Balaban J connectivity index is 2.13. The Labute approximate surface area is 100 Å². The van der Waals surface area contributed by atoms with Gasteiger partial charge >= 0.3 is 0 Å². The van der Waals surface area contributed by atoms with Crippen LogP contribution in [0.25, 0.3) is 0 Å². The van der Waals surface area contributed by atoms with E-state index in [4.69, 9.17) is 0 Å². The molecular formula is C15H25N. The molecule has 1 rings (SSSR count). The molecule has 1 heteroatoms. The van der Waals surface area contributed by atoms with Crippen molar-refractivity contribution in [2.75, 3.05) is 6.54 Å². The molecule has 0 aliphatic rings. The van der Waals surface area contributed by atoms with E-state index in [2.05, 4.69) is 56.4 Å². The summed E-state index contributed by atoms with van der Waals surface area (Å²) in [5.74, 6) is 0.812. The van der Waals surface area contributed by atoms with Crippen LogP contribution in [0.15, 0.2) is 30.3 Å². The van der Waals surface area contributed by atoms with Crippen LogP contribution in [0.4, 0.5) is 0 Å². The zero-order chi connectivity index (χ0) is 11.8. The Hall–Kier alpha value is -0.820. The van der Waals surface area contributed by atoms with Gasteiger partial charge in [0.2, 0.25) is 0 Å². The maximum Gasteiger partial charge on any atom is 0.00103 e. The standard InChI is InChI=1S/C15H25N/c1-13(2)16-12-11-14(3)9-10-15-7-5-4-6-8-15/h4-8,13-14,16H,9-12H2,1-3H3. The topological polar surface area (TPSA) is 12.0 Å². The summed E-state index contributed by atoms with van der Waals surface area (Å²) >= 11 is 0. The summed E-state index contributed by atoms with van der Waals surface area (Å²) in [6.45, 7) is 7.90. The fraction of sp³-hybridized carbons (Fsp3) is 0.600. The van der Waals surface area contributed by atoms with Crippen molar-refractivity contribution >= 4 is 0 Å². The van der Waals surface area contributed by atoms with E-state index >= 15 is 0 Å². The lowest BCUT2D eigenvalue weighted by molar-refractivity contribution is 0.454. The summed E-state index contributed by atoms with van der Waals surface area (Å²) in [4.78, 5) is 0. The lowest BCUT2D eigenvalue weighted by atomic mass is 9.98. The molecule has 1 N–H and O–H groups in total. The molecule has 1 atom stereocenters. The fourth-order valence-electron chi connectivity index (χ4n) is 1.82. The summed E-state index contributed by atoms with van der Waals surface area (Å²) < 4.78 is 0. The number of benzene rings is 1. The lowest BCUT2D eigenvalue weighted by Crippen LogP contribution is -2.24. The van der Waals surface area contributed by atoms with Crippen LogP contribution >= 0.6 is 0 Å². The van der Waals surface area contributed by atoms with E-state index in [0.717, 1.165) is 12.5 Å². The molecule has 0 heterocycles. The Morgan fingerprint density at radius 1 is 1.00 bits per heavy atom. The van der Waals surface area contributed by atoms with Gasteiger partial charge in [0, 0.05) is 6.04 Å². The van der Waals surface area contributed by atoms with E-state index in [-0.39, 0.29) is 0 Å². The van der Waals surface area contributed by atoms with Gasteiger partial charge in [0.15, 0.2) is 0 Å². The fourth-order valence-corrected chi connectivity index (χ4v) is 1.82. The second kappa shape index (κ2) is 7.45. The molecule has 1 unspecified atom stereocenters. The summed E-state index contributed by atoms with van der Waals surface area (Å²) in [5, 5.41) is 3.47. The SMILES string of the molecule is CC(CCNC(C)C)CCc1ccccc1. The largest absolute Gasteiger partial charge is 0.315 e. The molecule has 16 heavy (non-hydrogen) atoms. The highest BCUT2D eigenvalue weighted by atomic mass is 14.9. The molecule has 0 saturated heterocycles. The molecule has 1 aromatic rings. The Morgan fingerprint density at radius 2 is 1.69 bits per heavy atom. The van der Waals surface area contributed by atoms with Gasteiger partial charge in [0.25, 0.3) is 0 Å². The van der Waals surface area contributed by atoms with Gasteiger partial charge in [-0.1, -0.05) is 51.1 Å². The maximum atomic E-state index is 3.47. The molecule has 0 aliphatic carbocycles. The number of aryl methyl sites for hydroxylation is 1. The second-order valence-electron chi connectivity index (χ2n) is 5.03. The Bertz CT molecular complexity index is 266. The van der Waals surface area contributed by atoms with E-state index in [0.29, 0.717) is 6.04 Å². The molecule has 0 fully saturated rings. The summed E-state index contributed by atoms with van der Waals surface area (Å²) in [6.07, 6.45) is 3.79. The van der Waals surface area contributed by atoms with Crippen molar-refractivity contribution in [3.05, 3.63) is 35.9 Å². The van der Waals surface area contributed by atoms with E-state index in [1.54, 1.807) is 0 Å². The minimum Gasteiger partial charge on any atom is -0.315 e. The van der Waals surface area contributed by atoms with Gasteiger partial charge in [0.1, 0.15) is 0 Å². The monoisotopic (exact) mass is 219 g/mol. The Kier molecular flexibility index (Phi) is 6.17. The van der Waals surface area contributed by atoms with E-state index in [1.807, 2.05) is 0 Å². The van der Waals surface area contributed by atoms with Crippen LogP contribution in [-0.2, 0) is 6.42 Å². The normalized spacial score (nSPS) is 13.0. The van der Waals surface area contributed by atoms with Crippen LogP contribution in [0.1, 0.15) is 39.2 Å². The van der Waals surface area contributed by atoms with Gasteiger partial charge in [-0.05, 0) is 37.3 Å². The molecule has 90 valence electrons. The first-order chi connectivity index (χ1) is 7.68. The van der Waals surface area contributed by atoms with Gasteiger partial charge in [-0.15, -0.1) is 0 Å². The third-order valence-electron chi connectivity index (χ3n) is 2.96. The van der Waals surface area contributed by atoms with Crippen molar-refractivity contribution in [3.63, 3.8) is 0 Å². The minimum absolute atomic E-state index is 0.612. The third-order valence-corrected chi connectivity index (χ3v) is 2.96. The number of hydrogen-bond acceptors (Lipinski definition) is 1. The first-order valence-electron chi connectivity index (χ1n) is 6.46. The van der Waals surface area contributed by atoms with E-state index in [1.165, 1.54) is 24.8 Å². The zero-order valence-electron chi connectivity index (χ0n) is 10.9. The molecule has 0 saturated carbocycles. The lowest BCUT2D eigenvalue weighted by Gasteiger charge is -2.13. The molecule has 0 amide bonds. The quantitative estimate of drug-likeness (QED) is 0.738. The highest BCUT2D eigenvalue weighted by Gasteiger charge is 2.03. The summed E-state index contributed by atoms with van der Waals surface area (Å²) in [5.41, 5.74) is 1.46. The smallest absolute Gasteiger partial charge is 0.00103 e. The van der Waals surface area contributed by atoms with Gasteiger partial charge in [0.05, 0.1) is 0 Å². The van der Waals surface area contributed by atoms with Crippen LogP contribution in [0.5, 0.6) is 0 Å². The van der Waals surface area contributed by atoms with Gasteiger partial charge in [-0.2, -0.15) is 0 Å². The second-order valence-corrected chi connectivity index (χ2v) is 5.03. The summed E-state index contributed by atoms with van der Waals surface area (Å²) in [6, 6.07) is 11.4. The van der Waals surface area contributed by atoms with E-state index in [9.17, 15) is 0 Å². The molecule has 0 aliphatic heterocycles. The molecular weight excluding hydrogens is 194 g/mol. The average Bonchev–Trinajstić information content (AvgIpc) is 2.27. The van der Waals surface area contributed by atoms with Crippen LogP contribution in [0.3, 0.4) is 0 Å². The first kappa shape index (κ1) is 13.2.